The van der Waals surface area contributed by atoms with E-state index in [1.165, 1.54) is 12.8 Å². The van der Waals surface area contributed by atoms with Crippen molar-refractivity contribution in [1.82, 2.24) is 14.9 Å². The molecule has 0 atom stereocenters. The van der Waals surface area contributed by atoms with Crippen molar-refractivity contribution in [2.45, 2.75) is 32.2 Å². The van der Waals surface area contributed by atoms with Crippen molar-refractivity contribution in [3.63, 3.8) is 0 Å². The molecule has 1 aliphatic rings. The Morgan fingerprint density at radius 3 is 2.56 bits per heavy atom. The molecule has 0 spiro atoms. The van der Waals surface area contributed by atoms with Crippen molar-refractivity contribution >= 4 is 21.7 Å². The number of hydrogen-bond donors (Lipinski definition) is 0. The molecule has 1 aliphatic heterocycles. The van der Waals surface area contributed by atoms with Gasteiger partial charge in [-0.1, -0.05) is 6.92 Å². The maximum Gasteiger partial charge on any atom is 0.133 e. The lowest BCUT2D eigenvalue weighted by atomic mass is 10.0. The fourth-order valence-corrected chi connectivity index (χ4v) is 2.79. The van der Waals surface area contributed by atoms with Crippen molar-refractivity contribution in [3.8, 4) is 0 Å². The Morgan fingerprint density at radius 2 is 2.00 bits per heavy atom. The van der Waals surface area contributed by atoms with Gasteiger partial charge in [-0.05, 0) is 42.9 Å². The van der Waals surface area contributed by atoms with Crippen molar-refractivity contribution in [3.05, 3.63) is 16.5 Å². The highest BCUT2D eigenvalue weighted by Gasteiger charge is 2.21. The molecule has 0 unspecified atom stereocenters. The molecule has 100 valence electrons. The third kappa shape index (κ3) is 3.20. The van der Waals surface area contributed by atoms with Crippen LogP contribution >= 0.6 is 15.9 Å². The average Bonchev–Trinajstić information content (AvgIpc) is 2.38. The summed E-state index contributed by atoms with van der Waals surface area (Å²) in [7, 11) is 4.33. The molecule has 18 heavy (non-hydrogen) atoms. The van der Waals surface area contributed by atoms with Crippen LogP contribution in [0.2, 0.25) is 0 Å². The lowest BCUT2D eigenvalue weighted by Crippen LogP contribution is -2.42. The summed E-state index contributed by atoms with van der Waals surface area (Å²) in [5.74, 6) is 1.97. The van der Waals surface area contributed by atoms with Gasteiger partial charge in [0.1, 0.15) is 16.2 Å². The van der Waals surface area contributed by atoms with Crippen LogP contribution in [0.1, 0.15) is 25.6 Å². The zero-order valence-corrected chi connectivity index (χ0v) is 12.9. The summed E-state index contributed by atoms with van der Waals surface area (Å²) in [6, 6.07) is 2.73. The molecule has 0 saturated carbocycles. The molecule has 0 amide bonds. The van der Waals surface area contributed by atoms with Gasteiger partial charge in [-0.3, -0.25) is 0 Å². The van der Waals surface area contributed by atoms with E-state index in [1.807, 2.05) is 6.07 Å². The number of nitrogens with zero attached hydrogens (tertiary/aromatic N) is 4. The minimum absolute atomic E-state index is 0.706. The Hall–Kier alpha value is -0.680. The number of piperidine rings is 1. The van der Waals surface area contributed by atoms with E-state index in [1.54, 1.807) is 0 Å². The minimum Gasteiger partial charge on any atom is -0.356 e. The van der Waals surface area contributed by atoms with Gasteiger partial charge in [0, 0.05) is 31.6 Å². The number of rotatable bonds is 3. The molecule has 0 N–H and O–H groups in total. The van der Waals surface area contributed by atoms with E-state index >= 15 is 0 Å². The van der Waals surface area contributed by atoms with Crippen LogP contribution in [0, 0.1) is 0 Å². The number of hydrogen-bond acceptors (Lipinski definition) is 4. The SMILES string of the molecule is CCc1nc(Br)cc(N2CCC(N(C)C)CC2)n1. The number of halogens is 1. The Kier molecular flexibility index (Phi) is 4.56. The maximum absolute atomic E-state index is 4.62. The van der Waals surface area contributed by atoms with Gasteiger partial charge < -0.3 is 9.80 Å². The Labute approximate surface area is 118 Å². The predicted octanol–water partition coefficient (Wildman–Crippen LogP) is 2.33. The fraction of sp³-hybridized carbons (Fsp3) is 0.692. The molecule has 2 heterocycles. The van der Waals surface area contributed by atoms with Gasteiger partial charge in [0.25, 0.3) is 0 Å². The van der Waals surface area contributed by atoms with E-state index in [0.717, 1.165) is 35.8 Å². The molecule has 1 fully saturated rings. The summed E-state index contributed by atoms with van der Waals surface area (Å²) < 4.78 is 0.888. The highest BCUT2D eigenvalue weighted by molar-refractivity contribution is 9.10. The number of aromatic nitrogens is 2. The van der Waals surface area contributed by atoms with Crippen LogP contribution in [-0.4, -0.2) is 48.1 Å². The second kappa shape index (κ2) is 5.97. The standard InChI is InChI=1S/C13H21BrN4/c1-4-12-15-11(14)9-13(16-12)18-7-5-10(6-8-18)17(2)3/h9-10H,4-8H2,1-3H3. The van der Waals surface area contributed by atoms with Gasteiger partial charge in [-0.25, -0.2) is 9.97 Å². The Balaban J connectivity index is 2.07. The smallest absolute Gasteiger partial charge is 0.133 e. The van der Waals surface area contributed by atoms with Crippen molar-refractivity contribution in [2.75, 3.05) is 32.1 Å². The van der Waals surface area contributed by atoms with Crippen LogP contribution in [-0.2, 0) is 6.42 Å². The predicted molar refractivity (Wildman–Crippen MR) is 78.0 cm³/mol. The normalized spacial score (nSPS) is 17.5. The van der Waals surface area contributed by atoms with Crippen molar-refractivity contribution in [1.29, 1.82) is 0 Å². The van der Waals surface area contributed by atoms with Crippen LogP contribution in [0.15, 0.2) is 10.7 Å². The molecule has 5 heteroatoms. The minimum atomic E-state index is 0.706. The van der Waals surface area contributed by atoms with Crippen molar-refractivity contribution in [2.24, 2.45) is 0 Å². The fourth-order valence-electron chi connectivity index (χ4n) is 2.38. The Morgan fingerprint density at radius 1 is 1.33 bits per heavy atom. The summed E-state index contributed by atoms with van der Waals surface area (Å²) in [6.45, 7) is 4.24. The van der Waals surface area contributed by atoms with Gasteiger partial charge in [-0.15, -0.1) is 0 Å². The van der Waals surface area contributed by atoms with Crippen LogP contribution in [0.25, 0.3) is 0 Å². The van der Waals surface area contributed by atoms with Crippen LogP contribution in [0.4, 0.5) is 5.82 Å². The molecule has 1 aromatic heterocycles. The van der Waals surface area contributed by atoms with Gasteiger partial charge in [-0.2, -0.15) is 0 Å². The maximum atomic E-state index is 4.62. The third-order valence-electron chi connectivity index (χ3n) is 3.56. The largest absolute Gasteiger partial charge is 0.356 e. The summed E-state index contributed by atoms with van der Waals surface area (Å²) >= 11 is 3.47. The van der Waals surface area contributed by atoms with E-state index in [4.69, 9.17) is 0 Å². The first-order valence-corrected chi connectivity index (χ1v) is 7.34. The van der Waals surface area contributed by atoms with Gasteiger partial charge in [0.15, 0.2) is 0 Å². The van der Waals surface area contributed by atoms with Gasteiger partial charge in [0.05, 0.1) is 0 Å². The zero-order chi connectivity index (χ0) is 13.1. The summed E-state index contributed by atoms with van der Waals surface area (Å²) in [4.78, 5) is 13.7. The van der Waals surface area contributed by atoms with E-state index < -0.39 is 0 Å². The molecule has 4 nitrogen and oxygen atoms in total. The second-order valence-corrected chi connectivity index (χ2v) is 5.81. The number of anilines is 1. The van der Waals surface area contributed by atoms with E-state index in [-0.39, 0.29) is 0 Å². The number of aryl methyl sites for hydroxylation is 1. The van der Waals surface area contributed by atoms with Gasteiger partial charge in [0.2, 0.25) is 0 Å². The molecular formula is C13H21BrN4. The first kappa shape index (κ1) is 13.7. The zero-order valence-electron chi connectivity index (χ0n) is 11.4. The summed E-state index contributed by atoms with van der Waals surface area (Å²) in [5, 5.41) is 0. The highest BCUT2D eigenvalue weighted by Crippen LogP contribution is 2.22. The Bertz CT molecular complexity index is 400. The third-order valence-corrected chi connectivity index (χ3v) is 3.97. The molecular weight excluding hydrogens is 292 g/mol. The first-order valence-electron chi connectivity index (χ1n) is 6.55. The topological polar surface area (TPSA) is 32.3 Å². The van der Waals surface area contributed by atoms with E-state index in [0.29, 0.717) is 6.04 Å². The monoisotopic (exact) mass is 312 g/mol. The molecule has 1 saturated heterocycles. The lowest BCUT2D eigenvalue weighted by molar-refractivity contribution is 0.249. The molecule has 0 aromatic carbocycles. The quantitative estimate of drug-likeness (QED) is 0.802. The molecule has 1 aromatic rings. The van der Waals surface area contributed by atoms with Gasteiger partial charge >= 0.3 is 0 Å². The molecule has 0 radical (unpaired) electrons. The molecule has 0 aliphatic carbocycles. The second-order valence-electron chi connectivity index (χ2n) is 5.00. The average molecular weight is 313 g/mol. The van der Waals surface area contributed by atoms with Crippen LogP contribution in [0.5, 0.6) is 0 Å². The van der Waals surface area contributed by atoms with E-state index in [2.05, 4.69) is 56.7 Å². The van der Waals surface area contributed by atoms with Crippen molar-refractivity contribution < 1.29 is 0 Å². The molecule has 2 rings (SSSR count). The van der Waals surface area contributed by atoms with E-state index in [9.17, 15) is 0 Å². The molecule has 0 bridgehead atoms. The van der Waals surface area contributed by atoms with Crippen LogP contribution in [0.3, 0.4) is 0 Å². The first-order chi connectivity index (χ1) is 8.60. The lowest BCUT2D eigenvalue weighted by Gasteiger charge is -2.35. The van der Waals surface area contributed by atoms with Crippen LogP contribution < -0.4 is 4.90 Å². The summed E-state index contributed by atoms with van der Waals surface area (Å²) in [5.41, 5.74) is 0. The highest BCUT2D eigenvalue weighted by atomic mass is 79.9. The summed E-state index contributed by atoms with van der Waals surface area (Å²) in [6.07, 6.45) is 3.28.